The highest BCUT2D eigenvalue weighted by atomic mass is 19.4. The third-order valence-corrected chi connectivity index (χ3v) is 4.51. The van der Waals surface area contributed by atoms with Crippen LogP contribution in [0.25, 0.3) is 0 Å². The second-order valence-corrected chi connectivity index (χ2v) is 6.14. The average Bonchev–Trinajstić information content (AvgIpc) is 2.55. The first-order valence-corrected chi connectivity index (χ1v) is 7.94. The van der Waals surface area contributed by atoms with E-state index >= 15 is 0 Å². The van der Waals surface area contributed by atoms with Crippen LogP contribution in [0.3, 0.4) is 0 Å². The first-order valence-electron chi connectivity index (χ1n) is 7.94. The highest BCUT2D eigenvalue weighted by Gasteiger charge is 2.48. The summed E-state index contributed by atoms with van der Waals surface area (Å²) in [4.78, 5) is 24.1. The molecule has 132 valence electrons. The quantitative estimate of drug-likeness (QED) is 0.881. The molecule has 2 amide bonds. The fourth-order valence-electron chi connectivity index (χ4n) is 3.10. The lowest BCUT2D eigenvalue weighted by atomic mass is 9.78. The molecule has 2 rings (SSSR count). The van der Waals surface area contributed by atoms with Crippen LogP contribution in [0.2, 0.25) is 0 Å². The van der Waals surface area contributed by atoms with E-state index in [2.05, 4.69) is 10.6 Å². The Kier molecular flexibility index (Phi) is 5.51. The number of carbonyl (C=O) groups is 2. The molecule has 1 aromatic carbocycles. The van der Waals surface area contributed by atoms with E-state index < -0.39 is 23.9 Å². The first-order chi connectivity index (χ1) is 11.2. The molecule has 1 saturated carbocycles. The second-order valence-electron chi connectivity index (χ2n) is 6.14. The van der Waals surface area contributed by atoms with E-state index in [4.69, 9.17) is 0 Å². The molecule has 1 fully saturated rings. The number of carbonyl (C=O) groups excluding carboxylic acids is 2. The molecule has 7 heteroatoms. The van der Waals surface area contributed by atoms with Gasteiger partial charge in [0.05, 0.1) is 5.92 Å². The van der Waals surface area contributed by atoms with Crippen LogP contribution in [0, 0.1) is 18.8 Å². The zero-order valence-corrected chi connectivity index (χ0v) is 13.7. The van der Waals surface area contributed by atoms with Gasteiger partial charge in [0.25, 0.3) is 5.91 Å². The zero-order chi connectivity index (χ0) is 17.9. The standard InChI is InChI=1S/C17H21F3N2O2/c1-10-7-8-11(15(23)21-2)9-14(10)22-16(24)12-5-3-4-6-13(12)17(18,19)20/h7-9,12-13H,3-6H2,1-2H3,(H,21,23)(H,22,24)/t12-,13+/m0/s1. The molecule has 0 bridgehead atoms. The van der Waals surface area contributed by atoms with Gasteiger partial charge < -0.3 is 10.6 Å². The van der Waals surface area contributed by atoms with E-state index in [1.165, 1.54) is 13.1 Å². The van der Waals surface area contributed by atoms with Crippen LogP contribution < -0.4 is 10.6 Å². The Labute approximate surface area is 138 Å². The Bertz CT molecular complexity index is 629. The van der Waals surface area contributed by atoms with Gasteiger partial charge in [-0.2, -0.15) is 13.2 Å². The molecule has 2 atom stereocenters. The van der Waals surface area contributed by atoms with Crippen molar-refractivity contribution in [3.05, 3.63) is 29.3 Å². The van der Waals surface area contributed by atoms with Gasteiger partial charge in [-0.15, -0.1) is 0 Å². The fraction of sp³-hybridized carbons (Fsp3) is 0.529. The Hall–Kier alpha value is -2.05. The Morgan fingerprint density at radius 2 is 1.83 bits per heavy atom. The molecule has 0 unspecified atom stereocenters. The summed E-state index contributed by atoms with van der Waals surface area (Å²) >= 11 is 0. The molecule has 0 radical (unpaired) electrons. The van der Waals surface area contributed by atoms with Gasteiger partial charge in [-0.05, 0) is 37.5 Å². The fourth-order valence-corrected chi connectivity index (χ4v) is 3.10. The Morgan fingerprint density at radius 1 is 1.17 bits per heavy atom. The van der Waals surface area contributed by atoms with Crippen molar-refractivity contribution in [3.63, 3.8) is 0 Å². The molecule has 0 spiro atoms. The highest BCUT2D eigenvalue weighted by Crippen LogP contribution is 2.42. The van der Waals surface area contributed by atoms with Crippen molar-refractivity contribution in [2.45, 2.75) is 38.8 Å². The lowest BCUT2D eigenvalue weighted by Crippen LogP contribution is -2.39. The van der Waals surface area contributed by atoms with E-state index in [1.807, 2.05) is 0 Å². The van der Waals surface area contributed by atoms with E-state index in [9.17, 15) is 22.8 Å². The third kappa shape index (κ3) is 4.07. The molecule has 0 aromatic heterocycles. The number of hydrogen-bond donors (Lipinski definition) is 2. The minimum absolute atomic E-state index is 0.0150. The van der Waals surface area contributed by atoms with Gasteiger partial charge in [0.2, 0.25) is 5.91 Å². The van der Waals surface area contributed by atoms with Gasteiger partial charge in [0, 0.05) is 24.2 Å². The number of alkyl halides is 3. The topological polar surface area (TPSA) is 58.2 Å². The molecule has 4 nitrogen and oxygen atoms in total. The van der Waals surface area contributed by atoms with Gasteiger partial charge in [-0.25, -0.2) is 0 Å². The third-order valence-electron chi connectivity index (χ3n) is 4.51. The van der Waals surface area contributed by atoms with Gasteiger partial charge in [0.15, 0.2) is 0 Å². The van der Waals surface area contributed by atoms with Crippen molar-refractivity contribution in [3.8, 4) is 0 Å². The zero-order valence-electron chi connectivity index (χ0n) is 13.7. The van der Waals surface area contributed by atoms with Crippen molar-refractivity contribution in [2.75, 3.05) is 12.4 Å². The number of aryl methyl sites for hydroxylation is 1. The summed E-state index contributed by atoms with van der Waals surface area (Å²) in [5.41, 5.74) is 1.40. The van der Waals surface area contributed by atoms with Crippen LogP contribution in [0.4, 0.5) is 18.9 Å². The second kappa shape index (κ2) is 7.23. The lowest BCUT2D eigenvalue weighted by Gasteiger charge is -2.32. The van der Waals surface area contributed by atoms with E-state index in [0.717, 1.165) is 0 Å². The summed E-state index contributed by atoms with van der Waals surface area (Å²) in [7, 11) is 1.48. The van der Waals surface area contributed by atoms with Gasteiger partial charge in [0.1, 0.15) is 0 Å². The van der Waals surface area contributed by atoms with Crippen molar-refractivity contribution >= 4 is 17.5 Å². The van der Waals surface area contributed by atoms with Crippen molar-refractivity contribution in [2.24, 2.45) is 11.8 Å². The van der Waals surface area contributed by atoms with Crippen LogP contribution in [0.15, 0.2) is 18.2 Å². The number of anilines is 1. The molecule has 0 heterocycles. The SMILES string of the molecule is CNC(=O)c1ccc(C)c(NC(=O)[C@H]2CCCC[C@H]2C(F)(F)F)c1. The molecule has 0 saturated heterocycles. The highest BCUT2D eigenvalue weighted by molar-refractivity contribution is 5.98. The number of rotatable bonds is 3. The number of hydrogen-bond acceptors (Lipinski definition) is 2. The summed E-state index contributed by atoms with van der Waals surface area (Å²) < 4.78 is 39.5. The van der Waals surface area contributed by atoms with Crippen molar-refractivity contribution < 1.29 is 22.8 Å². The van der Waals surface area contributed by atoms with E-state index in [1.54, 1.807) is 19.1 Å². The molecular weight excluding hydrogens is 321 g/mol. The van der Waals surface area contributed by atoms with Crippen molar-refractivity contribution in [1.29, 1.82) is 0 Å². The average molecular weight is 342 g/mol. The summed E-state index contributed by atoms with van der Waals surface area (Å²) in [6, 6.07) is 4.74. The predicted octanol–water partition coefficient (Wildman–Crippen LogP) is 3.66. The molecule has 1 aromatic rings. The minimum Gasteiger partial charge on any atom is -0.355 e. The van der Waals surface area contributed by atoms with Crippen LogP contribution in [-0.4, -0.2) is 25.0 Å². The monoisotopic (exact) mass is 342 g/mol. The minimum atomic E-state index is -4.37. The largest absolute Gasteiger partial charge is 0.392 e. The molecule has 1 aliphatic carbocycles. The first kappa shape index (κ1) is 18.3. The Morgan fingerprint density at radius 3 is 2.46 bits per heavy atom. The summed E-state index contributed by atoms with van der Waals surface area (Å²) in [6.45, 7) is 1.73. The molecule has 1 aliphatic rings. The number of amides is 2. The maximum absolute atomic E-state index is 13.2. The van der Waals surface area contributed by atoms with E-state index in [0.29, 0.717) is 29.7 Å². The normalized spacial score (nSPS) is 21.2. The molecule has 24 heavy (non-hydrogen) atoms. The maximum Gasteiger partial charge on any atom is 0.392 e. The van der Waals surface area contributed by atoms with Crippen molar-refractivity contribution in [1.82, 2.24) is 5.32 Å². The summed E-state index contributed by atoms with van der Waals surface area (Å²) in [5, 5.41) is 5.05. The summed E-state index contributed by atoms with van der Waals surface area (Å²) in [6.07, 6.45) is -3.06. The van der Waals surface area contributed by atoms with Gasteiger partial charge in [-0.1, -0.05) is 18.9 Å². The van der Waals surface area contributed by atoms with Gasteiger partial charge >= 0.3 is 6.18 Å². The lowest BCUT2D eigenvalue weighted by molar-refractivity contribution is -0.197. The van der Waals surface area contributed by atoms with Crippen LogP contribution in [-0.2, 0) is 4.79 Å². The number of nitrogens with one attached hydrogen (secondary N) is 2. The Balaban J connectivity index is 2.20. The number of halogens is 3. The van der Waals surface area contributed by atoms with Crippen LogP contribution in [0.5, 0.6) is 0 Å². The smallest absolute Gasteiger partial charge is 0.355 e. The van der Waals surface area contributed by atoms with Crippen LogP contribution in [0.1, 0.15) is 41.6 Å². The maximum atomic E-state index is 13.2. The van der Waals surface area contributed by atoms with Crippen LogP contribution >= 0.6 is 0 Å². The van der Waals surface area contributed by atoms with Gasteiger partial charge in [-0.3, -0.25) is 9.59 Å². The predicted molar refractivity (Wildman–Crippen MR) is 84.7 cm³/mol. The van der Waals surface area contributed by atoms with E-state index in [-0.39, 0.29) is 18.7 Å². The summed E-state index contributed by atoms with van der Waals surface area (Å²) in [5.74, 6) is -3.64. The molecule has 0 aliphatic heterocycles. The number of benzene rings is 1. The molecular formula is C17H21F3N2O2. The molecule has 2 N–H and O–H groups in total.